The van der Waals surface area contributed by atoms with E-state index < -0.39 is 0 Å². The number of amides is 3. The number of urea groups is 1. The average molecular weight is 477 g/mol. The molecule has 0 saturated carbocycles. The summed E-state index contributed by atoms with van der Waals surface area (Å²) in [6, 6.07) is 3.86. The number of carbonyl (C=O) groups excluding carboxylic acids is 2. The minimum absolute atomic E-state index is 0.179. The Hall–Kier alpha value is -1.28. The van der Waals surface area contributed by atoms with Crippen molar-refractivity contribution in [1.82, 2.24) is 9.80 Å². The second-order valence-electron chi connectivity index (χ2n) is 6.12. The first kappa shape index (κ1) is 20.0. The van der Waals surface area contributed by atoms with Gasteiger partial charge in [-0.1, -0.05) is 13.8 Å². The van der Waals surface area contributed by atoms with Crippen LogP contribution in [0.15, 0.2) is 21.1 Å². The van der Waals surface area contributed by atoms with Gasteiger partial charge in [0.2, 0.25) is 0 Å². The van der Waals surface area contributed by atoms with E-state index >= 15 is 0 Å². The number of hydrogen-bond donors (Lipinski definition) is 1. The molecule has 1 aliphatic heterocycles. The summed E-state index contributed by atoms with van der Waals surface area (Å²) < 4.78 is 6.66. The number of benzene rings is 1. The van der Waals surface area contributed by atoms with Crippen LogP contribution >= 0.6 is 31.9 Å². The van der Waals surface area contributed by atoms with Crippen molar-refractivity contribution < 1.29 is 14.3 Å². The number of carbonyl (C=O) groups is 2. The molecule has 25 heavy (non-hydrogen) atoms. The van der Waals surface area contributed by atoms with E-state index in [-0.39, 0.29) is 12.1 Å². The van der Waals surface area contributed by atoms with Crippen molar-refractivity contribution >= 4 is 49.7 Å². The van der Waals surface area contributed by atoms with E-state index in [1.807, 2.05) is 12.1 Å². The highest BCUT2D eigenvalue weighted by Gasteiger charge is 2.25. The Morgan fingerprint density at radius 2 is 1.64 bits per heavy atom. The van der Waals surface area contributed by atoms with Crippen molar-refractivity contribution in [3.63, 3.8) is 0 Å². The van der Waals surface area contributed by atoms with E-state index in [2.05, 4.69) is 51.0 Å². The van der Waals surface area contributed by atoms with Gasteiger partial charge in [-0.25, -0.2) is 9.59 Å². The maximum atomic E-state index is 12.5. The van der Waals surface area contributed by atoms with Gasteiger partial charge >= 0.3 is 12.1 Å². The summed E-state index contributed by atoms with van der Waals surface area (Å²) in [5.41, 5.74) is 1.89. The lowest BCUT2D eigenvalue weighted by molar-refractivity contribution is 0.0868. The third kappa shape index (κ3) is 5.10. The predicted octanol–water partition coefficient (Wildman–Crippen LogP) is 4.64. The zero-order valence-electron chi connectivity index (χ0n) is 14.6. The molecular formula is C17H23Br2N3O3. The van der Waals surface area contributed by atoms with E-state index in [1.54, 1.807) is 16.7 Å². The van der Waals surface area contributed by atoms with Gasteiger partial charge in [0.15, 0.2) is 0 Å². The lowest BCUT2D eigenvalue weighted by Gasteiger charge is -2.34. The molecule has 0 aromatic heterocycles. The van der Waals surface area contributed by atoms with Crippen LogP contribution in [0.3, 0.4) is 0 Å². The molecule has 1 saturated heterocycles. The van der Waals surface area contributed by atoms with Gasteiger partial charge in [-0.2, -0.15) is 0 Å². The molecule has 0 bridgehead atoms. The van der Waals surface area contributed by atoms with E-state index in [0.29, 0.717) is 44.4 Å². The fourth-order valence-electron chi connectivity index (χ4n) is 2.54. The topological polar surface area (TPSA) is 61.9 Å². The quantitative estimate of drug-likeness (QED) is 0.691. The molecule has 8 heteroatoms. The fourth-order valence-corrected chi connectivity index (χ4v) is 3.96. The first-order chi connectivity index (χ1) is 11.8. The second-order valence-corrected chi connectivity index (χ2v) is 7.83. The van der Waals surface area contributed by atoms with Crippen LogP contribution < -0.4 is 5.32 Å². The summed E-state index contributed by atoms with van der Waals surface area (Å²) in [6.07, 6.45) is -0.322. The second kappa shape index (κ2) is 8.89. The van der Waals surface area contributed by atoms with E-state index in [1.165, 1.54) is 5.56 Å². The number of nitrogens with zero attached hydrogens (tertiary/aromatic N) is 2. The molecule has 6 nitrogen and oxygen atoms in total. The Balaban J connectivity index is 1.98. The number of piperazine rings is 1. The molecule has 1 fully saturated rings. The van der Waals surface area contributed by atoms with Crippen molar-refractivity contribution in [2.75, 3.05) is 38.1 Å². The third-order valence-corrected chi connectivity index (χ3v) is 5.31. The standard InChI is InChI=1S/C17H23Br2N3O3/c1-4-25-17(24)22-7-5-21(6-8-22)16(23)20-15-13(18)9-12(11(2)3)10-14(15)19/h9-11H,4-8H2,1-3H3,(H,20,23). The van der Waals surface area contributed by atoms with E-state index in [0.717, 1.165) is 8.95 Å². The first-order valence-corrected chi connectivity index (χ1v) is 9.88. The summed E-state index contributed by atoms with van der Waals surface area (Å²) in [6.45, 7) is 8.27. The van der Waals surface area contributed by atoms with Crippen molar-refractivity contribution in [3.05, 3.63) is 26.6 Å². The molecule has 0 spiro atoms. The lowest BCUT2D eigenvalue weighted by Crippen LogP contribution is -2.51. The highest BCUT2D eigenvalue weighted by atomic mass is 79.9. The van der Waals surface area contributed by atoms with Gasteiger partial charge in [-0.15, -0.1) is 0 Å². The van der Waals surface area contributed by atoms with Crippen LogP contribution in [-0.4, -0.2) is 54.7 Å². The predicted molar refractivity (Wildman–Crippen MR) is 105 cm³/mol. The zero-order valence-corrected chi connectivity index (χ0v) is 17.8. The molecule has 1 aromatic carbocycles. The van der Waals surface area contributed by atoms with Crippen molar-refractivity contribution in [3.8, 4) is 0 Å². The van der Waals surface area contributed by atoms with Gasteiger partial charge in [0.1, 0.15) is 0 Å². The highest BCUT2D eigenvalue weighted by Crippen LogP contribution is 2.35. The van der Waals surface area contributed by atoms with Crippen LogP contribution in [-0.2, 0) is 4.74 Å². The maximum Gasteiger partial charge on any atom is 0.409 e. The molecule has 2 rings (SSSR count). The van der Waals surface area contributed by atoms with E-state index in [9.17, 15) is 9.59 Å². The molecule has 1 aliphatic rings. The van der Waals surface area contributed by atoms with Gasteiger partial charge in [0.25, 0.3) is 0 Å². The molecule has 0 unspecified atom stereocenters. The number of hydrogen-bond acceptors (Lipinski definition) is 3. The summed E-state index contributed by atoms with van der Waals surface area (Å²) in [5.74, 6) is 0.397. The SMILES string of the molecule is CCOC(=O)N1CCN(C(=O)Nc2c(Br)cc(C(C)C)cc2Br)CC1. The highest BCUT2D eigenvalue weighted by molar-refractivity contribution is 9.11. The first-order valence-electron chi connectivity index (χ1n) is 8.30. The van der Waals surface area contributed by atoms with Crippen LogP contribution in [0.4, 0.5) is 15.3 Å². The minimum atomic E-state index is -0.322. The fraction of sp³-hybridized carbons (Fsp3) is 0.529. The molecule has 0 atom stereocenters. The zero-order chi connectivity index (χ0) is 18.6. The largest absolute Gasteiger partial charge is 0.450 e. The number of nitrogens with one attached hydrogen (secondary N) is 1. The summed E-state index contributed by atoms with van der Waals surface area (Å²) in [7, 11) is 0. The number of rotatable bonds is 3. The van der Waals surface area contributed by atoms with Crippen LogP contribution in [0, 0.1) is 0 Å². The summed E-state index contributed by atoms with van der Waals surface area (Å²) in [4.78, 5) is 27.6. The van der Waals surface area contributed by atoms with Crippen molar-refractivity contribution in [2.24, 2.45) is 0 Å². The normalized spacial score (nSPS) is 14.6. The van der Waals surface area contributed by atoms with Crippen LogP contribution in [0.5, 0.6) is 0 Å². The Morgan fingerprint density at radius 3 is 2.12 bits per heavy atom. The lowest BCUT2D eigenvalue weighted by atomic mass is 10.0. The monoisotopic (exact) mass is 475 g/mol. The Bertz CT molecular complexity index is 621. The average Bonchev–Trinajstić information content (AvgIpc) is 2.58. The summed E-state index contributed by atoms with van der Waals surface area (Å²) >= 11 is 7.06. The Kier molecular flexibility index (Phi) is 7.13. The van der Waals surface area contributed by atoms with Gasteiger partial charge in [-0.3, -0.25) is 0 Å². The molecule has 0 radical (unpaired) electrons. The number of ether oxygens (including phenoxy) is 1. The summed E-state index contributed by atoms with van der Waals surface area (Å²) in [5, 5.41) is 2.94. The van der Waals surface area contributed by atoms with E-state index in [4.69, 9.17) is 4.74 Å². The van der Waals surface area contributed by atoms with Crippen LogP contribution in [0.2, 0.25) is 0 Å². The van der Waals surface area contributed by atoms with Gasteiger partial charge in [-0.05, 0) is 62.4 Å². The molecule has 1 aromatic rings. The number of halogens is 2. The van der Waals surface area contributed by atoms with Gasteiger partial charge < -0.3 is 19.9 Å². The molecule has 3 amide bonds. The third-order valence-electron chi connectivity index (χ3n) is 4.06. The Labute approximate surface area is 165 Å². The number of anilines is 1. The molecule has 0 aliphatic carbocycles. The van der Waals surface area contributed by atoms with Crippen LogP contribution in [0.1, 0.15) is 32.3 Å². The molecular weight excluding hydrogens is 454 g/mol. The molecule has 1 heterocycles. The van der Waals surface area contributed by atoms with Gasteiger partial charge in [0.05, 0.1) is 12.3 Å². The minimum Gasteiger partial charge on any atom is -0.450 e. The van der Waals surface area contributed by atoms with Crippen LogP contribution in [0.25, 0.3) is 0 Å². The van der Waals surface area contributed by atoms with Gasteiger partial charge in [0, 0.05) is 35.1 Å². The molecule has 1 N–H and O–H groups in total. The van der Waals surface area contributed by atoms with Crippen molar-refractivity contribution in [2.45, 2.75) is 26.7 Å². The van der Waals surface area contributed by atoms with Crippen molar-refractivity contribution in [1.29, 1.82) is 0 Å². The smallest absolute Gasteiger partial charge is 0.409 e. The molecule has 138 valence electrons. The Morgan fingerprint density at radius 1 is 1.12 bits per heavy atom. The maximum absolute atomic E-state index is 12.5.